The van der Waals surface area contributed by atoms with Gasteiger partial charge in [0.25, 0.3) is 0 Å². The van der Waals surface area contributed by atoms with Gasteiger partial charge < -0.3 is 20.1 Å². The molecule has 3 aromatic rings. The average Bonchev–Trinajstić information content (AvgIpc) is 3.22. The molecule has 9 heteroatoms. The maximum absolute atomic E-state index is 5.65. The molecule has 160 valence electrons. The molecule has 1 aromatic heterocycles. The fourth-order valence-electron chi connectivity index (χ4n) is 2.79. The van der Waals surface area contributed by atoms with Crippen molar-refractivity contribution in [3.05, 3.63) is 60.7 Å². The number of para-hydroxylation sites is 1. The Hall–Kier alpha value is -2.82. The number of aromatic nitrogens is 3. The molecular formula is C21H27IN6O2. The summed E-state index contributed by atoms with van der Waals surface area (Å²) in [6, 6.07) is 15.6. The van der Waals surface area contributed by atoms with E-state index in [4.69, 9.17) is 9.47 Å². The summed E-state index contributed by atoms with van der Waals surface area (Å²) in [7, 11) is 1.62. The van der Waals surface area contributed by atoms with Gasteiger partial charge >= 0.3 is 0 Å². The van der Waals surface area contributed by atoms with Crippen LogP contribution in [0, 0.1) is 0 Å². The van der Waals surface area contributed by atoms with E-state index in [0.717, 1.165) is 23.7 Å². The Morgan fingerprint density at radius 1 is 1.10 bits per heavy atom. The largest absolute Gasteiger partial charge is 0.493 e. The summed E-state index contributed by atoms with van der Waals surface area (Å²) in [6.45, 7) is 5.62. The van der Waals surface area contributed by atoms with E-state index < -0.39 is 0 Å². The lowest BCUT2D eigenvalue weighted by molar-refractivity contribution is 0.311. The molecule has 0 radical (unpaired) electrons. The maximum atomic E-state index is 5.65. The summed E-state index contributed by atoms with van der Waals surface area (Å²) in [5, 5.41) is 14.8. The summed E-state index contributed by atoms with van der Waals surface area (Å²) >= 11 is 0. The normalized spacial score (nSPS) is 10.8. The molecule has 0 unspecified atom stereocenters. The second-order valence-electron chi connectivity index (χ2n) is 6.07. The van der Waals surface area contributed by atoms with Gasteiger partial charge in [-0.3, -0.25) is 4.57 Å². The molecule has 0 aliphatic heterocycles. The summed E-state index contributed by atoms with van der Waals surface area (Å²) in [5.74, 6) is 2.76. The van der Waals surface area contributed by atoms with E-state index in [0.29, 0.717) is 30.6 Å². The van der Waals surface area contributed by atoms with Crippen molar-refractivity contribution in [2.24, 2.45) is 4.99 Å². The second kappa shape index (κ2) is 12.0. The first-order valence-electron chi connectivity index (χ1n) is 9.55. The topological polar surface area (TPSA) is 85.6 Å². The van der Waals surface area contributed by atoms with Crippen LogP contribution < -0.4 is 20.1 Å². The smallest absolute Gasteiger partial charge is 0.196 e. The Bertz CT molecular complexity index is 946. The number of nitrogens with zero attached hydrogens (tertiary/aromatic N) is 4. The number of methoxy groups -OCH3 is 1. The van der Waals surface area contributed by atoms with Gasteiger partial charge in [0.1, 0.15) is 12.9 Å². The van der Waals surface area contributed by atoms with E-state index in [1.165, 1.54) is 0 Å². The van der Waals surface area contributed by atoms with Crippen molar-refractivity contribution in [3.63, 3.8) is 0 Å². The van der Waals surface area contributed by atoms with Gasteiger partial charge in [0.05, 0.1) is 13.7 Å². The van der Waals surface area contributed by atoms with Gasteiger partial charge in [-0.1, -0.05) is 18.2 Å². The van der Waals surface area contributed by atoms with Crippen LogP contribution in [0.2, 0.25) is 0 Å². The highest BCUT2D eigenvalue weighted by Crippen LogP contribution is 2.30. The Kier molecular flexibility index (Phi) is 9.39. The van der Waals surface area contributed by atoms with Crippen molar-refractivity contribution in [3.8, 4) is 17.2 Å². The molecule has 2 aromatic carbocycles. The number of aliphatic imine (C=N–C) groups is 1. The Balaban J connectivity index is 0.00000320. The van der Waals surface area contributed by atoms with E-state index in [9.17, 15) is 0 Å². The quantitative estimate of drug-likeness (QED) is 0.266. The number of halogens is 1. The van der Waals surface area contributed by atoms with Gasteiger partial charge in [0, 0.05) is 24.0 Å². The number of anilines is 1. The minimum absolute atomic E-state index is 0. The first-order valence-corrected chi connectivity index (χ1v) is 9.55. The van der Waals surface area contributed by atoms with Gasteiger partial charge in [-0.2, -0.15) is 0 Å². The van der Waals surface area contributed by atoms with Crippen molar-refractivity contribution in [2.75, 3.05) is 25.6 Å². The number of guanidine groups is 1. The predicted octanol–water partition coefficient (Wildman–Crippen LogP) is 3.87. The molecule has 0 fully saturated rings. The Morgan fingerprint density at radius 2 is 1.90 bits per heavy atom. The van der Waals surface area contributed by atoms with Gasteiger partial charge in [-0.05, 0) is 38.1 Å². The number of hydrogen-bond donors (Lipinski definition) is 2. The molecule has 0 aliphatic rings. The zero-order chi connectivity index (χ0) is 20.5. The molecule has 8 nitrogen and oxygen atoms in total. The summed E-state index contributed by atoms with van der Waals surface area (Å²) in [5.41, 5.74) is 1.84. The Labute approximate surface area is 193 Å². The van der Waals surface area contributed by atoms with Crippen LogP contribution in [0.15, 0.2) is 59.9 Å². The van der Waals surface area contributed by atoms with Crippen molar-refractivity contribution < 1.29 is 9.47 Å². The molecule has 1 heterocycles. The average molecular weight is 522 g/mol. The molecule has 0 spiro atoms. The zero-order valence-corrected chi connectivity index (χ0v) is 19.7. The third-order valence-electron chi connectivity index (χ3n) is 4.10. The van der Waals surface area contributed by atoms with Gasteiger partial charge in [0.2, 0.25) is 0 Å². The minimum atomic E-state index is 0. The molecule has 2 N–H and O–H groups in total. The van der Waals surface area contributed by atoms with E-state index in [2.05, 4.69) is 25.8 Å². The van der Waals surface area contributed by atoms with E-state index in [1.54, 1.807) is 13.4 Å². The van der Waals surface area contributed by atoms with Gasteiger partial charge in [-0.15, -0.1) is 34.2 Å². The molecule has 0 aliphatic carbocycles. The minimum Gasteiger partial charge on any atom is -0.493 e. The molecule has 0 atom stereocenters. The summed E-state index contributed by atoms with van der Waals surface area (Å²) < 4.78 is 12.9. The molecule has 30 heavy (non-hydrogen) atoms. The van der Waals surface area contributed by atoms with Crippen molar-refractivity contribution in [1.29, 1.82) is 0 Å². The van der Waals surface area contributed by atoms with Crippen molar-refractivity contribution in [2.45, 2.75) is 20.4 Å². The van der Waals surface area contributed by atoms with Gasteiger partial charge in [-0.25, -0.2) is 4.99 Å². The molecule has 0 bridgehead atoms. The van der Waals surface area contributed by atoms with Gasteiger partial charge in [0.15, 0.2) is 23.3 Å². The number of nitrogens with one attached hydrogen (secondary N) is 2. The fraction of sp³-hybridized carbons (Fsp3) is 0.286. The van der Waals surface area contributed by atoms with Crippen LogP contribution in [0.3, 0.4) is 0 Å². The lowest BCUT2D eigenvalue weighted by Crippen LogP contribution is -2.30. The standard InChI is InChI=1S/C21H26N6O2.HI/c1-4-22-21(25-16-11-12-18(28-3)19(13-16)29-5-2)23-14-20-26-24-15-27(20)17-9-7-6-8-10-17;/h6-13,15H,4-5,14H2,1-3H3,(H2,22,23,25);1H. The van der Waals surface area contributed by atoms with E-state index in [1.807, 2.05) is 66.9 Å². The number of benzene rings is 2. The Morgan fingerprint density at radius 3 is 2.60 bits per heavy atom. The molecular weight excluding hydrogens is 495 g/mol. The monoisotopic (exact) mass is 522 g/mol. The highest BCUT2D eigenvalue weighted by Gasteiger charge is 2.09. The van der Waals surface area contributed by atoms with E-state index >= 15 is 0 Å². The number of rotatable bonds is 8. The maximum Gasteiger partial charge on any atom is 0.196 e. The first kappa shape index (κ1) is 23.5. The lowest BCUT2D eigenvalue weighted by atomic mass is 10.2. The van der Waals surface area contributed by atoms with Crippen LogP contribution >= 0.6 is 24.0 Å². The number of hydrogen-bond acceptors (Lipinski definition) is 5. The SMILES string of the molecule is CCNC(=NCc1nncn1-c1ccccc1)Nc1ccc(OC)c(OCC)c1.I. The zero-order valence-electron chi connectivity index (χ0n) is 17.3. The fourth-order valence-corrected chi connectivity index (χ4v) is 2.79. The molecule has 0 saturated carbocycles. The van der Waals surface area contributed by atoms with Crippen molar-refractivity contribution in [1.82, 2.24) is 20.1 Å². The van der Waals surface area contributed by atoms with E-state index in [-0.39, 0.29) is 24.0 Å². The van der Waals surface area contributed by atoms with Crippen molar-refractivity contribution >= 4 is 35.6 Å². The molecule has 0 amide bonds. The lowest BCUT2D eigenvalue weighted by Gasteiger charge is -2.14. The van der Waals surface area contributed by atoms with Crippen LogP contribution in [0.4, 0.5) is 5.69 Å². The molecule has 3 rings (SSSR count). The van der Waals surface area contributed by atoms with Crippen LogP contribution in [0.1, 0.15) is 19.7 Å². The highest BCUT2D eigenvalue weighted by molar-refractivity contribution is 14.0. The predicted molar refractivity (Wildman–Crippen MR) is 129 cm³/mol. The first-order chi connectivity index (χ1) is 14.2. The number of ether oxygens (including phenoxy) is 2. The highest BCUT2D eigenvalue weighted by atomic mass is 127. The van der Waals surface area contributed by atoms with Crippen LogP contribution in [-0.2, 0) is 6.54 Å². The third-order valence-corrected chi connectivity index (χ3v) is 4.10. The van der Waals surface area contributed by atoms with Crippen LogP contribution in [0.25, 0.3) is 5.69 Å². The molecule has 0 saturated heterocycles. The summed E-state index contributed by atoms with van der Waals surface area (Å²) in [6.07, 6.45) is 1.69. The van der Waals surface area contributed by atoms with Crippen LogP contribution in [-0.4, -0.2) is 41.0 Å². The van der Waals surface area contributed by atoms with Crippen LogP contribution in [0.5, 0.6) is 11.5 Å². The summed E-state index contributed by atoms with van der Waals surface area (Å²) in [4.78, 5) is 4.65. The second-order valence-corrected chi connectivity index (χ2v) is 6.07. The third kappa shape index (κ3) is 6.09.